The molecule has 0 aliphatic carbocycles. The van der Waals surface area contributed by atoms with E-state index in [2.05, 4.69) is 17.5 Å². The summed E-state index contributed by atoms with van der Waals surface area (Å²) < 4.78 is 0. The zero-order valence-electron chi connectivity index (χ0n) is 6.04. The number of phenols is 1. The van der Waals surface area contributed by atoms with E-state index in [4.69, 9.17) is 22.4 Å². The van der Waals surface area contributed by atoms with E-state index in [1.54, 1.807) is 6.07 Å². The van der Waals surface area contributed by atoms with E-state index in [0.717, 1.165) is 0 Å². The number of benzene rings is 1. The predicted octanol–water partition coefficient (Wildman–Crippen LogP) is 1.70. The van der Waals surface area contributed by atoms with Crippen molar-refractivity contribution in [1.29, 1.82) is 0 Å². The second-order valence-corrected chi connectivity index (χ2v) is 3.00. The molecule has 4 N–H and O–H groups in total. The van der Waals surface area contributed by atoms with Gasteiger partial charge in [0.05, 0.1) is 5.02 Å². The van der Waals surface area contributed by atoms with E-state index < -0.39 is 0 Å². The third-order valence-electron chi connectivity index (χ3n) is 1.22. The van der Waals surface area contributed by atoms with Crippen LogP contribution in [0.5, 0.6) is 5.75 Å². The lowest BCUT2D eigenvalue weighted by Gasteiger charge is -2.04. The summed E-state index contributed by atoms with van der Waals surface area (Å²) in [4.78, 5) is 0. The van der Waals surface area contributed by atoms with Crippen molar-refractivity contribution in [2.45, 2.75) is 0 Å². The molecule has 0 bridgehead atoms. The monoisotopic (exact) mass is 202 g/mol. The minimum atomic E-state index is 0.0326. The number of hydrogen-bond donors (Lipinski definition) is 3. The predicted molar refractivity (Wildman–Crippen MR) is 53.5 cm³/mol. The Bertz CT molecular complexity index is 316. The van der Waals surface area contributed by atoms with Gasteiger partial charge in [-0.25, -0.2) is 0 Å². The molecule has 12 heavy (non-hydrogen) atoms. The van der Waals surface area contributed by atoms with E-state index in [1.807, 2.05) is 0 Å². The van der Waals surface area contributed by atoms with Crippen LogP contribution < -0.4 is 11.1 Å². The Morgan fingerprint density at radius 2 is 2.25 bits per heavy atom. The molecule has 0 aromatic heterocycles. The molecule has 0 unspecified atom stereocenters. The molecule has 1 aromatic carbocycles. The van der Waals surface area contributed by atoms with Crippen LogP contribution in [0.25, 0.3) is 0 Å². The Labute approximate surface area is 80.1 Å². The van der Waals surface area contributed by atoms with Gasteiger partial charge in [-0.2, -0.15) is 0 Å². The molecule has 0 aliphatic heterocycles. The van der Waals surface area contributed by atoms with Gasteiger partial charge in [0, 0.05) is 5.69 Å². The molecule has 0 saturated heterocycles. The standard InChI is InChI=1S/C7H7ClN2OS/c8-5-3-4(10-7(9)12)1-2-6(5)11/h1-3,11H,(H3,9,10,12). The minimum Gasteiger partial charge on any atom is -0.506 e. The van der Waals surface area contributed by atoms with Crippen LogP contribution in [0, 0.1) is 0 Å². The van der Waals surface area contributed by atoms with Crippen molar-refractivity contribution in [2.24, 2.45) is 5.73 Å². The highest BCUT2D eigenvalue weighted by atomic mass is 35.5. The number of thiocarbonyl (C=S) groups is 1. The molecule has 1 rings (SSSR count). The molecule has 0 radical (unpaired) electrons. The van der Waals surface area contributed by atoms with Crippen molar-refractivity contribution in [2.75, 3.05) is 5.32 Å². The lowest BCUT2D eigenvalue weighted by molar-refractivity contribution is 0.475. The summed E-state index contributed by atoms with van der Waals surface area (Å²) in [7, 11) is 0. The summed E-state index contributed by atoms with van der Waals surface area (Å²) in [5.41, 5.74) is 5.89. The van der Waals surface area contributed by atoms with Crippen LogP contribution in [0.1, 0.15) is 0 Å². The molecule has 5 heteroatoms. The first-order chi connectivity index (χ1) is 5.59. The van der Waals surface area contributed by atoms with Crippen molar-refractivity contribution in [3.05, 3.63) is 23.2 Å². The minimum absolute atomic E-state index is 0.0326. The third kappa shape index (κ3) is 2.25. The van der Waals surface area contributed by atoms with Gasteiger partial charge in [0.1, 0.15) is 5.75 Å². The Kier molecular flexibility index (Phi) is 2.73. The molecule has 0 saturated carbocycles. The van der Waals surface area contributed by atoms with Crippen molar-refractivity contribution in [3.8, 4) is 5.75 Å². The van der Waals surface area contributed by atoms with Gasteiger partial charge in [0.25, 0.3) is 0 Å². The molecule has 0 amide bonds. The summed E-state index contributed by atoms with van der Waals surface area (Å²) in [5, 5.41) is 12.2. The Morgan fingerprint density at radius 1 is 1.58 bits per heavy atom. The highest BCUT2D eigenvalue weighted by molar-refractivity contribution is 7.80. The van der Waals surface area contributed by atoms with Gasteiger partial charge >= 0.3 is 0 Å². The van der Waals surface area contributed by atoms with Crippen molar-refractivity contribution < 1.29 is 5.11 Å². The zero-order chi connectivity index (χ0) is 9.14. The van der Waals surface area contributed by atoms with Gasteiger partial charge in [0.15, 0.2) is 5.11 Å². The fraction of sp³-hybridized carbons (Fsp3) is 0. The number of aromatic hydroxyl groups is 1. The van der Waals surface area contributed by atoms with Crippen LogP contribution in [0.3, 0.4) is 0 Å². The maximum atomic E-state index is 9.05. The van der Waals surface area contributed by atoms with E-state index in [9.17, 15) is 0 Å². The van der Waals surface area contributed by atoms with E-state index >= 15 is 0 Å². The molecular formula is C7H7ClN2OS. The fourth-order valence-electron chi connectivity index (χ4n) is 0.727. The molecule has 0 heterocycles. The number of anilines is 1. The van der Waals surface area contributed by atoms with Gasteiger partial charge in [-0.15, -0.1) is 0 Å². The molecule has 0 atom stereocenters. The first kappa shape index (κ1) is 9.09. The fourth-order valence-corrected chi connectivity index (χ4v) is 1.03. The Hall–Kier alpha value is -1.00. The Morgan fingerprint density at radius 3 is 2.75 bits per heavy atom. The molecule has 3 nitrogen and oxygen atoms in total. The molecule has 64 valence electrons. The summed E-state index contributed by atoms with van der Waals surface area (Å²) >= 11 is 10.2. The summed E-state index contributed by atoms with van der Waals surface area (Å²) in [6, 6.07) is 4.62. The van der Waals surface area contributed by atoms with Gasteiger partial charge in [-0.05, 0) is 30.4 Å². The van der Waals surface area contributed by atoms with Gasteiger partial charge in [-0.1, -0.05) is 11.6 Å². The van der Waals surface area contributed by atoms with Crippen LogP contribution >= 0.6 is 23.8 Å². The number of halogens is 1. The molecule has 1 aromatic rings. The first-order valence-corrected chi connectivity index (χ1v) is 3.93. The van der Waals surface area contributed by atoms with Crippen LogP contribution in [0.15, 0.2) is 18.2 Å². The van der Waals surface area contributed by atoms with Crippen LogP contribution in [-0.4, -0.2) is 10.2 Å². The van der Waals surface area contributed by atoms with Crippen molar-refractivity contribution in [1.82, 2.24) is 0 Å². The third-order valence-corrected chi connectivity index (χ3v) is 1.62. The topological polar surface area (TPSA) is 58.3 Å². The smallest absolute Gasteiger partial charge is 0.168 e. The summed E-state index contributed by atoms with van der Waals surface area (Å²) in [6.45, 7) is 0. The van der Waals surface area contributed by atoms with E-state index in [-0.39, 0.29) is 15.9 Å². The molecular weight excluding hydrogens is 196 g/mol. The zero-order valence-corrected chi connectivity index (χ0v) is 7.62. The average Bonchev–Trinajstić information content (AvgIpc) is 1.96. The molecule has 0 aliphatic rings. The second-order valence-electron chi connectivity index (χ2n) is 2.16. The molecule has 0 spiro atoms. The highest BCUT2D eigenvalue weighted by Crippen LogP contribution is 2.25. The summed E-state index contributed by atoms with van der Waals surface area (Å²) in [5.74, 6) is 0.0326. The lowest BCUT2D eigenvalue weighted by Crippen LogP contribution is -2.18. The lowest BCUT2D eigenvalue weighted by atomic mass is 10.3. The Balaban J connectivity index is 2.89. The van der Waals surface area contributed by atoms with Crippen LogP contribution in [0.2, 0.25) is 5.02 Å². The van der Waals surface area contributed by atoms with Crippen LogP contribution in [0.4, 0.5) is 5.69 Å². The number of nitrogens with two attached hydrogens (primary N) is 1. The van der Waals surface area contributed by atoms with E-state index in [1.165, 1.54) is 12.1 Å². The number of nitrogens with one attached hydrogen (secondary N) is 1. The highest BCUT2D eigenvalue weighted by Gasteiger charge is 1.99. The number of hydrogen-bond acceptors (Lipinski definition) is 2. The average molecular weight is 203 g/mol. The van der Waals surface area contributed by atoms with Crippen molar-refractivity contribution in [3.63, 3.8) is 0 Å². The number of rotatable bonds is 1. The first-order valence-electron chi connectivity index (χ1n) is 3.14. The van der Waals surface area contributed by atoms with E-state index in [0.29, 0.717) is 5.69 Å². The SMILES string of the molecule is NC(=S)Nc1ccc(O)c(Cl)c1. The maximum absolute atomic E-state index is 9.05. The van der Waals surface area contributed by atoms with Gasteiger partial charge in [0.2, 0.25) is 0 Å². The van der Waals surface area contributed by atoms with Gasteiger partial charge in [-0.3, -0.25) is 0 Å². The van der Waals surface area contributed by atoms with Crippen molar-refractivity contribution >= 4 is 34.6 Å². The van der Waals surface area contributed by atoms with Gasteiger partial charge < -0.3 is 16.2 Å². The maximum Gasteiger partial charge on any atom is 0.168 e. The number of phenolic OH excluding ortho intramolecular Hbond substituents is 1. The summed E-state index contributed by atoms with van der Waals surface area (Å²) in [6.07, 6.45) is 0. The largest absolute Gasteiger partial charge is 0.506 e. The normalized spacial score (nSPS) is 9.42. The quantitative estimate of drug-likeness (QED) is 0.479. The van der Waals surface area contributed by atoms with Crippen LogP contribution in [-0.2, 0) is 0 Å². The molecule has 0 fully saturated rings. The second kappa shape index (κ2) is 3.60.